The van der Waals surface area contributed by atoms with Crippen LogP contribution in [0.1, 0.15) is 31.1 Å². The van der Waals surface area contributed by atoms with Gasteiger partial charge in [-0.2, -0.15) is 8.78 Å². The minimum absolute atomic E-state index is 0.218. The first kappa shape index (κ1) is 16.9. The van der Waals surface area contributed by atoms with Crippen LogP contribution in [0.25, 0.3) is 0 Å². The van der Waals surface area contributed by atoms with E-state index in [-0.39, 0.29) is 12.5 Å². The van der Waals surface area contributed by atoms with Crippen LogP contribution in [-0.2, 0) is 0 Å². The molecule has 0 heterocycles. The van der Waals surface area contributed by atoms with Crippen LogP contribution in [0.3, 0.4) is 0 Å². The van der Waals surface area contributed by atoms with E-state index in [4.69, 9.17) is 0 Å². The monoisotopic (exact) mass is 303 g/mol. The van der Waals surface area contributed by atoms with Crippen LogP contribution in [0.15, 0.2) is 29.2 Å². The Kier molecular flexibility index (Phi) is 5.95. The number of carbonyl (C=O) groups is 1. The van der Waals surface area contributed by atoms with E-state index >= 15 is 0 Å². The van der Waals surface area contributed by atoms with E-state index in [0.717, 1.165) is 0 Å². The molecule has 0 radical (unpaired) electrons. The van der Waals surface area contributed by atoms with Crippen molar-refractivity contribution >= 4 is 17.7 Å². The molecule has 1 rings (SSSR count). The summed E-state index contributed by atoms with van der Waals surface area (Å²) in [6.45, 7) is 5.77. The predicted molar refractivity (Wildman–Crippen MR) is 76.2 cm³/mol. The topological polar surface area (TPSA) is 40.5 Å². The molecule has 0 bridgehead atoms. The first-order valence-corrected chi connectivity index (χ1v) is 7.17. The number of amides is 1. The zero-order valence-corrected chi connectivity index (χ0v) is 12.6. The van der Waals surface area contributed by atoms with Gasteiger partial charge in [0, 0.05) is 23.5 Å². The highest BCUT2D eigenvalue weighted by Crippen LogP contribution is 2.25. The maximum absolute atomic E-state index is 12.2. The Morgan fingerprint density at radius 3 is 2.30 bits per heavy atom. The number of hydrogen-bond donors (Lipinski definition) is 1. The Labute approximate surface area is 122 Å². The van der Waals surface area contributed by atoms with Crippen molar-refractivity contribution in [1.82, 2.24) is 4.90 Å². The largest absolute Gasteiger partial charge is 0.389 e. The van der Waals surface area contributed by atoms with Crippen molar-refractivity contribution in [3.63, 3.8) is 0 Å². The molecule has 0 aromatic heterocycles. The van der Waals surface area contributed by atoms with Crippen molar-refractivity contribution in [3.05, 3.63) is 29.8 Å². The maximum atomic E-state index is 12.2. The molecule has 1 aromatic rings. The van der Waals surface area contributed by atoms with E-state index in [1.807, 2.05) is 6.92 Å². The van der Waals surface area contributed by atoms with Crippen LogP contribution in [-0.4, -0.2) is 40.4 Å². The number of benzene rings is 1. The van der Waals surface area contributed by atoms with Crippen LogP contribution in [0.4, 0.5) is 8.78 Å². The van der Waals surface area contributed by atoms with Gasteiger partial charge < -0.3 is 10.0 Å². The molecule has 112 valence electrons. The van der Waals surface area contributed by atoms with Crippen molar-refractivity contribution in [1.29, 1.82) is 0 Å². The third-order valence-corrected chi connectivity index (χ3v) is 3.30. The van der Waals surface area contributed by atoms with Gasteiger partial charge in [0.1, 0.15) is 0 Å². The zero-order chi connectivity index (χ0) is 15.3. The lowest BCUT2D eigenvalue weighted by molar-refractivity contribution is 0.0314. The molecule has 0 fully saturated rings. The van der Waals surface area contributed by atoms with Gasteiger partial charge in [-0.15, -0.1) is 0 Å². The molecular formula is C14H19F2NO2S. The Balaban J connectivity index is 2.80. The molecule has 20 heavy (non-hydrogen) atoms. The average Bonchev–Trinajstić information content (AvgIpc) is 2.34. The summed E-state index contributed by atoms with van der Waals surface area (Å²) in [5.74, 6) is -2.69. The molecule has 0 saturated carbocycles. The van der Waals surface area contributed by atoms with Gasteiger partial charge in [0.25, 0.3) is 11.7 Å². The van der Waals surface area contributed by atoms with E-state index in [0.29, 0.717) is 28.8 Å². The van der Waals surface area contributed by atoms with Gasteiger partial charge in [-0.25, -0.2) is 0 Å². The average molecular weight is 303 g/mol. The maximum Gasteiger partial charge on any atom is 0.288 e. The second-order valence-corrected chi connectivity index (χ2v) is 6.10. The fourth-order valence-electron chi connectivity index (χ4n) is 1.76. The molecule has 1 amide bonds. The molecule has 6 heteroatoms. The Morgan fingerprint density at radius 2 is 1.90 bits per heavy atom. The highest BCUT2D eigenvalue weighted by atomic mass is 32.2. The number of rotatable bonds is 6. The molecule has 1 aromatic carbocycles. The molecule has 0 aliphatic heterocycles. The number of alkyl halides is 2. The highest BCUT2D eigenvalue weighted by molar-refractivity contribution is 7.99. The summed E-state index contributed by atoms with van der Waals surface area (Å²) in [4.78, 5) is 14.2. The molecule has 0 aliphatic carbocycles. The van der Waals surface area contributed by atoms with Crippen LogP contribution >= 0.6 is 11.8 Å². The molecule has 0 unspecified atom stereocenters. The van der Waals surface area contributed by atoms with Crippen molar-refractivity contribution in [2.45, 2.75) is 37.0 Å². The lowest BCUT2D eigenvalue weighted by Crippen LogP contribution is -2.42. The van der Waals surface area contributed by atoms with Crippen LogP contribution < -0.4 is 0 Å². The summed E-state index contributed by atoms with van der Waals surface area (Å²) in [6.07, 6.45) is 0. The lowest BCUT2D eigenvalue weighted by Gasteiger charge is -2.28. The second-order valence-electron chi connectivity index (χ2n) is 5.03. The van der Waals surface area contributed by atoms with Crippen LogP contribution in [0.5, 0.6) is 0 Å². The van der Waals surface area contributed by atoms with Gasteiger partial charge in [0.2, 0.25) is 0 Å². The van der Waals surface area contributed by atoms with Gasteiger partial charge in [0.15, 0.2) is 0 Å². The summed E-state index contributed by atoms with van der Waals surface area (Å²) in [5, 5.41) is 9.78. The Bertz CT molecular complexity index is 443. The number of carbonyl (C=O) groups excluding carboxylic acids is 1. The Hall–Kier alpha value is -1.14. The number of nitrogens with zero attached hydrogens (tertiary/aromatic N) is 1. The second kappa shape index (κ2) is 7.04. The summed E-state index contributed by atoms with van der Waals surface area (Å²) in [5.41, 5.74) is -0.549. The van der Waals surface area contributed by atoms with Gasteiger partial charge in [-0.3, -0.25) is 4.79 Å². The smallest absolute Gasteiger partial charge is 0.288 e. The van der Waals surface area contributed by atoms with Crippen LogP contribution in [0.2, 0.25) is 0 Å². The number of halogens is 2. The molecule has 0 spiro atoms. The molecule has 3 nitrogen and oxygen atoms in total. The summed E-state index contributed by atoms with van der Waals surface area (Å²) < 4.78 is 24.4. The van der Waals surface area contributed by atoms with E-state index in [9.17, 15) is 18.7 Å². The highest BCUT2D eigenvalue weighted by Gasteiger charge is 2.22. The third-order valence-electron chi connectivity index (χ3n) is 2.57. The van der Waals surface area contributed by atoms with Crippen molar-refractivity contribution in [2.75, 3.05) is 13.1 Å². The van der Waals surface area contributed by atoms with Gasteiger partial charge >= 0.3 is 0 Å². The minimum atomic E-state index is -2.47. The first-order valence-electron chi connectivity index (χ1n) is 6.29. The summed E-state index contributed by atoms with van der Waals surface area (Å²) in [6, 6.07) is 6.06. The number of aliphatic hydroxyl groups is 1. The quantitative estimate of drug-likeness (QED) is 0.820. The van der Waals surface area contributed by atoms with Crippen LogP contribution in [0, 0.1) is 0 Å². The normalized spacial score (nSPS) is 11.8. The van der Waals surface area contributed by atoms with Gasteiger partial charge in [-0.1, -0.05) is 11.8 Å². The van der Waals surface area contributed by atoms with Crippen molar-refractivity contribution in [3.8, 4) is 0 Å². The Morgan fingerprint density at radius 1 is 1.35 bits per heavy atom. The molecule has 0 atom stereocenters. The van der Waals surface area contributed by atoms with Crippen molar-refractivity contribution in [2.24, 2.45) is 0 Å². The summed E-state index contributed by atoms with van der Waals surface area (Å²) >= 11 is 0.445. The van der Waals surface area contributed by atoms with Gasteiger partial charge in [0.05, 0.1) is 5.60 Å². The summed E-state index contributed by atoms with van der Waals surface area (Å²) in [7, 11) is 0. The van der Waals surface area contributed by atoms with E-state index in [1.165, 1.54) is 29.2 Å². The fourth-order valence-corrected chi connectivity index (χ4v) is 2.25. The fraction of sp³-hybridized carbons (Fsp3) is 0.500. The molecule has 0 aliphatic rings. The molecule has 1 N–H and O–H groups in total. The number of likely N-dealkylation sites (N-methyl/N-ethyl adjacent to an activating group) is 1. The minimum Gasteiger partial charge on any atom is -0.389 e. The first-order chi connectivity index (χ1) is 9.23. The lowest BCUT2D eigenvalue weighted by atomic mass is 10.1. The van der Waals surface area contributed by atoms with Crippen molar-refractivity contribution < 1.29 is 18.7 Å². The van der Waals surface area contributed by atoms with E-state index in [1.54, 1.807) is 13.8 Å². The van der Waals surface area contributed by atoms with E-state index in [2.05, 4.69) is 0 Å². The third kappa shape index (κ3) is 5.46. The standard InChI is InChI=1S/C14H19F2NO2S/c1-4-17(9-14(2,3)19)12(18)10-5-7-11(8-6-10)20-13(15)16/h5-8,13,19H,4,9H2,1-3H3. The molecular weight excluding hydrogens is 284 g/mol. The SMILES string of the molecule is CCN(CC(C)(C)O)C(=O)c1ccc(SC(F)F)cc1. The zero-order valence-electron chi connectivity index (χ0n) is 11.8. The van der Waals surface area contributed by atoms with E-state index < -0.39 is 11.4 Å². The van der Waals surface area contributed by atoms with Gasteiger partial charge in [-0.05, 0) is 45.0 Å². The number of hydrogen-bond acceptors (Lipinski definition) is 3. The molecule has 0 saturated heterocycles. The number of thioether (sulfide) groups is 1. The predicted octanol–water partition coefficient (Wildman–Crippen LogP) is 3.23.